The van der Waals surface area contributed by atoms with Crippen LogP contribution in [0.1, 0.15) is 42.6 Å². The highest BCUT2D eigenvalue weighted by Gasteiger charge is 2.38. The van der Waals surface area contributed by atoms with Gasteiger partial charge in [-0.15, -0.1) is 11.3 Å². The molecule has 0 spiro atoms. The lowest BCUT2D eigenvalue weighted by Crippen LogP contribution is -2.31. The van der Waals surface area contributed by atoms with E-state index in [1.807, 2.05) is 17.4 Å². The molecular formula is C20H24F3N5O2S. The summed E-state index contributed by atoms with van der Waals surface area (Å²) in [5.41, 5.74) is 5.12. The number of carboxylic acid groups (broad SMARTS) is 1. The first-order chi connectivity index (χ1) is 14.4. The van der Waals surface area contributed by atoms with Crippen LogP contribution in [0.2, 0.25) is 0 Å². The lowest BCUT2D eigenvalue weighted by molar-refractivity contribution is -0.192. The molecular weight excluding hydrogens is 431 g/mol. The summed E-state index contributed by atoms with van der Waals surface area (Å²) in [6, 6.07) is 6.43. The Labute approximate surface area is 181 Å². The molecule has 1 aliphatic heterocycles. The Morgan fingerprint density at radius 2 is 1.94 bits per heavy atom. The van der Waals surface area contributed by atoms with Crippen molar-refractivity contribution in [1.82, 2.24) is 25.3 Å². The Morgan fingerprint density at radius 1 is 1.23 bits per heavy atom. The Hall–Kier alpha value is -2.66. The fourth-order valence-electron chi connectivity index (χ4n) is 3.33. The fourth-order valence-corrected chi connectivity index (χ4v) is 4.35. The Morgan fingerprint density at radius 3 is 2.52 bits per heavy atom. The van der Waals surface area contributed by atoms with Crippen LogP contribution in [0, 0.1) is 0 Å². The van der Waals surface area contributed by atoms with Gasteiger partial charge in [-0.25, -0.2) is 4.79 Å². The maximum Gasteiger partial charge on any atom is 0.490 e. The third-order valence-electron chi connectivity index (χ3n) is 4.77. The van der Waals surface area contributed by atoms with Gasteiger partial charge < -0.3 is 5.11 Å². The van der Waals surface area contributed by atoms with Crippen LogP contribution in [0.4, 0.5) is 13.2 Å². The first kappa shape index (κ1) is 23.0. The van der Waals surface area contributed by atoms with Gasteiger partial charge >= 0.3 is 12.1 Å². The van der Waals surface area contributed by atoms with Crippen LogP contribution in [0.25, 0.3) is 10.6 Å². The molecule has 11 heteroatoms. The SMILES string of the molecule is CC(C)(C)c1n[nH]c2c1CN(Cc1ccc(-c3ccn[nH]3)s1)CC2.O=C(O)C(F)(F)F. The minimum atomic E-state index is -5.08. The summed E-state index contributed by atoms with van der Waals surface area (Å²) < 4.78 is 31.7. The van der Waals surface area contributed by atoms with Gasteiger partial charge in [0, 0.05) is 53.8 Å². The number of aliphatic carboxylic acids is 1. The van der Waals surface area contributed by atoms with E-state index in [1.54, 1.807) is 6.20 Å². The van der Waals surface area contributed by atoms with Crippen molar-refractivity contribution in [1.29, 1.82) is 0 Å². The second kappa shape index (κ2) is 8.83. The number of carboxylic acids is 1. The standard InChI is InChI=1S/C18H23N5S.C2HF3O2/c1-18(2,3)17-13-11-23(9-7-14(13)21-22-17)10-12-4-5-16(24-12)15-6-8-19-20-15;3-2(4,5)1(6)7/h4-6,8H,7,9-11H2,1-3H3,(H,19,20)(H,21,22);(H,6,7). The molecule has 0 aromatic carbocycles. The molecule has 0 saturated heterocycles. The molecule has 0 aliphatic carbocycles. The second-order valence-corrected chi connectivity index (χ2v) is 9.45. The predicted octanol–water partition coefficient (Wildman–Crippen LogP) is 4.35. The number of hydrogen-bond acceptors (Lipinski definition) is 5. The lowest BCUT2D eigenvalue weighted by Gasteiger charge is -2.28. The van der Waals surface area contributed by atoms with E-state index in [4.69, 9.17) is 9.90 Å². The number of nitrogens with zero attached hydrogens (tertiary/aromatic N) is 3. The largest absolute Gasteiger partial charge is 0.490 e. The van der Waals surface area contributed by atoms with Crippen molar-refractivity contribution in [3.8, 4) is 10.6 Å². The molecule has 3 N–H and O–H groups in total. The van der Waals surface area contributed by atoms with Crippen LogP contribution in [-0.2, 0) is 29.7 Å². The third kappa shape index (κ3) is 5.73. The maximum absolute atomic E-state index is 10.6. The average molecular weight is 456 g/mol. The molecule has 31 heavy (non-hydrogen) atoms. The van der Waals surface area contributed by atoms with Gasteiger partial charge in [-0.2, -0.15) is 23.4 Å². The summed E-state index contributed by atoms with van der Waals surface area (Å²) in [5, 5.41) is 22.0. The number of nitrogens with one attached hydrogen (secondary N) is 2. The maximum atomic E-state index is 10.6. The molecule has 1 aliphatic rings. The van der Waals surface area contributed by atoms with Crippen LogP contribution in [0.3, 0.4) is 0 Å². The average Bonchev–Trinajstić information content (AvgIpc) is 3.41. The van der Waals surface area contributed by atoms with E-state index in [2.05, 4.69) is 58.2 Å². The minimum Gasteiger partial charge on any atom is -0.475 e. The second-order valence-electron chi connectivity index (χ2n) is 8.28. The zero-order valence-electron chi connectivity index (χ0n) is 17.4. The lowest BCUT2D eigenvalue weighted by atomic mass is 9.87. The molecule has 0 radical (unpaired) electrons. The molecule has 7 nitrogen and oxygen atoms in total. The Kier molecular flexibility index (Phi) is 6.56. The first-order valence-electron chi connectivity index (χ1n) is 9.62. The molecule has 168 valence electrons. The minimum absolute atomic E-state index is 0.0871. The third-order valence-corrected chi connectivity index (χ3v) is 5.88. The highest BCUT2D eigenvalue weighted by atomic mass is 32.1. The normalized spacial score (nSPS) is 14.6. The zero-order chi connectivity index (χ0) is 22.8. The summed E-state index contributed by atoms with van der Waals surface area (Å²) in [4.78, 5) is 14.1. The molecule has 0 amide bonds. The zero-order valence-corrected chi connectivity index (χ0v) is 18.2. The smallest absolute Gasteiger partial charge is 0.475 e. The molecule has 0 atom stereocenters. The number of alkyl halides is 3. The quantitative estimate of drug-likeness (QED) is 0.546. The molecule has 4 rings (SSSR count). The van der Waals surface area contributed by atoms with E-state index >= 15 is 0 Å². The molecule has 3 aromatic heterocycles. The van der Waals surface area contributed by atoms with E-state index in [1.165, 1.54) is 26.7 Å². The Bertz CT molecular complexity index is 1020. The number of hydrogen-bond donors (Lipinski definition) is 3. The highest BCUT2D eigenvalue weighted by molar-refractivity contribution is 7.15. The molecule has 0 fully saturated rings. The van der Waals surface area contributed by atoms with E-state index in [9.17, 15) is 13.2 Å². The molecule has 0 bridgehead atoms. The number of carbonyl (C=O) groups is 1. The number of fused-ring (bicyclic) bond motifs is 1. The van der Waals surface area contributed by atoms with Crippen molar-refractivity contribution < 1.29 is 23.1 Å². The van der Waals surface area contributed by atoms with Gasteiger partial charge in [0.05, 0.1) is 16.3 Å². The fraction of sp³-hybridized carbons (Fsp3) is 0.450. The number of halogens is 3. The number of thiophene rings is 1. The summed E-state index contributed by atoms with van der Waals surface area (Å²) in [6.45, 7) is 9.76. The van der Waals surface area contributed by atoms with Crippen LogP contribution < -0.4 is 0 Å². The van der Waals surface area contributed by atoms with E-state index in [-0.39, 0.29) is 5.41 Å². The number of H-pyrrole nitrogens is 2. The number of aromatic amines is 2. The van der Waals surface area contributed by atoms with Crippen LogP contribution in [0.5, 0.6) is 0 Å². The highest BCUT2D eigenvalue weighted by Crippen LogP contribution is 2.32. The van der Waals surface area contributed by atoms with Crippen LogP contribution >= 0.6 is 11.3 Å². The van der Waals surface area contributed by atoms with Crippen molar-refractivity contribution in [3.63, 3.8) is 0 Å². The van der Waals surface area contributed by atoms with E-state index in [0.717, 1.165) is 31.7 Å². The monoisotopic (exact) mass is 455 g/mol. The van der Waals surface area contributed by atoms with Gasteiger partial charge in [-0.3, -0.25) is 15.1 Å². The molecule has 3 aromatic rings. The predicted molar refractivity (Wildman–Crippen MR) is 111 cm³/mol. The van der Waals surface area contributed by atoms with E-state index in [0.29, 0.717) is 0 Å². The Balaban J connectivity index is 0.000000339. The van der Waals surface area contributed by atoms with Crippen molar-refractivity contribution >= 4 is 17.3 Å². The van der Waals surface area contributed by atoms with Crippen molar-refractivity contribution in [3.05, 3.63) is 46.2 Å². The van der Waals surface area contributed by atoms with Crippen molar-refractivity contribution in [2.45, 2.75) is 51.9 Å². The van der Waals surface area contributed by atoms with E-state index < -0.39 is 12.1 Å². The molecule has 0 unspecified atom stereocenters. The van der Waals surface area contributed by atoms with Gasteiger partial charge in [-0.05, 0) is 18.2 Å². The van der Waals surface area contributed by atoms with Gasteiger partial charge in [-0.1, -0.05) is 20.8 Å². The van der Waals surface area contributed by atoms with Crippen molar-refractivity contribution in [2.75, 3.05) is 6.54 Å². The van der Waals surface area contributed by atoms with Crippen molar-refractivity contribution in [2.24, 2.45) is 0 Å². The molecule has 0 saturated carbocycles. The van der Waals surface area contributed by atoms with Gasteiger partial charge in [0.25, 0.3) is 0 Å². The summed E-state index contributed by atoms with van der Waals surface area (Å²) >= 11 is 1.84. The first-order valence-corrected chi connectivity index (χ1v) is 10.4. The summed E-state index contributed by atoms with van der Waals surface area (Å²) in [5.74, 6) is -2.76. The summed E-state index contributed by atoms with van der Waals surface area (Å²) in [6.07, 6.45) is -2.23. The summed E-state index contributed by atoms with van der Waals surface area (Å²) in [7, 11) is 0. The van der Waals surface area contributed by atoms with Crippen LogP contribution in [0.15, 0.2) is 24.4 Å². The number of aromatic nitrogens is 4. The topological polar surface area (TPSA) is 97.9 Å². The van der Waals surface area contributed by atoms with Gasteiger partial charge in [0.2, 0.25) is 0 Å². The molecule has 4 heterocycles. The van der Waals surface area contributed by atoms with Gasteiger partial charge in [0.1, 0.15) is 0 Å². The van der Waals surface area contributed by atoms with Crippen LogP contribution in [-0.4, -0.2) is 49.1 Å². The van der Waals surface area contributed by atoms with Gasteiger partial charge in [0.15, 0.2) is 0 Å². The number of rotatable bonds is 3.